The van der Waals surface area contributed by atoms with Crippen LogP contribution in [0.25, 0.3) is 0 Å². The Bertz CT molecular complexity index is 258. The smallest absolute Gasteiger partial charge is 0.235 e. The van der Waals surface area contributed by atoms with Gasteiger partial charge in [0, 0.05) is 12.0 Å². The van der Waals surface area contributed by atoms with Crippen molar-refractivity contribution >= 4 is 15.9 Å². The van der Waals surface area contributed by atoms with Crippen molar-refractivity contribution in [3.63, 3.8) is 0 Å². The molecule has 0 spiro atoms. The van der Waals surface area contributed by atoms with Gasteiger partial charge in [0.1, 0.15) is 0 Å². The van der Waals surface area contributed by atoms with Crippen LogP contribution in [0, 0.1) is 0 Å². The van der Waals surface area contributed by atoms with Gasteiger partial charge >= 0.3 is 0 Å². The van der Waals surface area contributed by atoms with Gasteiger partial charge in [-0.25, -0.2) is 13.1 Å². The van der Waals surface area contributed by atoms with E-state index in [0.717, 1.165) is 5.41 Å². The van der Waals surface area contributed by atoms with Crippen LogP contribution in [0.5, 0.6) is 0 Å². The first-order chi connectivity index (χ1) is 5.52. The van der Waals surface area contributed by atoms with Crippen molar-refractivity contribution in [2.24, 2.45) is 0 Å². The van der Waals surface area contributed by atoms with E-state index in [1.165, 1.54) is 0 Å². The van der Waals surface area contributed by atoms with Gasteiger partial charge in [0.25, 0.3) is 0 Å². The van der Waals surface area contributed by atoms with Crippen molar-refractivity contribution in [2.75, 3.05) is 13.1 Å². The normalized spacial score (nSPS) is 10.8. The number of likely N-dealkylation sites (N-methyl/N-ethyl adjacent to an activating group) is 1. The van der Waals surface area contributed by atoms with Gasteiger partial charge in [0.2, 0.25) is 15.9 Å². The van der Waals surface area contributed by atoms with E-state index >= 15 is 0 Å². The molecule has 70 valence electrons. The maximum Gasteiger partial charge on any atom is 0.235 e. The van der Waals surface area contributed by atoms with Crippen LogP contribution in [0.1, 0.15) is 6.92 Å². The van der Waals surface area contributed by atoms with E-state index < -0.39 is 10.0 Å². The molecule has 0 saturated heterocycles. The molecular formula is C6H12N2O3S. The summed E-state index contributed by atoms with van der Waals surface area (Å²) in [4.78, 5) is 10.7. The first-order valence-corrected chi connectivity index (χ1v) is 4.95. The highest BCUT2D eigenvalue weighted by molar-refractivity contribution is 7.92. The number of sulfonamides is 1. The van der Waals surface area contributed by atoms with Crippen LogP contribution in [-0.2, 0) is 14.8 Å². The summed E-state index contributed by atoms with van der Waals surface area (Å²) >= 11 is 0. The number of amides is 1. The van der Waals surface area contributed by atoms with Gasteiger partial charge < -0.3 is 5.32 Å². The fraction of sp³-hybridized carbons (Fsp3) is 0.500. The molecule has 0 rings (SSSR count). The number of hydrogen-bond donors (Lipinski definition) is 2. The monoisotopic (exact) mass is 192 g/mol. The summed E-state index contributed by atoms with van der Waals surface area (Å²) in [7, 11) is -3.48. The van der Waals surface area contributed by atoms with Crippen LogP contribution in [0.4, 0.5) is 0 Å². The molecule has 0 saturated carbocycles. The minimum Gasteiger partial charge on any atom is -0.355 e. The highest BCUT2D eigenvalue weighted by Crippen LogP contribution is 1.81. The van der Waals surface area contributed by atoms with Crippen molar-refractivity contribution in [1.82, 2.24) is 10.0 Å². The molecule has 0 aromatic carbocycles. The molecule has 0 aliphatic rings. The summed E-state index contributed by atoms with van der Waals surface area (Å²) < 4.78 is 23.4. The summed E-state index contributed by atoms with van der Waals surface area (Å²) in [5, 5.41) is 3.20. The highest BCUT2D eigenvalue weighted by Gasteiger charge is 2.05. The Morgan fingerprint density at radius 3 is 2.58 bits per heavy atom. The first kappa shape index (κ1) is 11.1. The van der Waals surface area contributed by atoms with Crippen LogP contribution in [0.3, 0.4) is 0 Å². The summed E-state index contributed by atoms with van der Waals surface area (Å²) in [6.45, 7) is 5.06. The van der Waals surface area contributed by atoms with E-state index in [4.69, 9.17) is 0 Å². The zero-order chi connectivity index (χ0) is 9.61. The fourth-order valence-electron chi connectivity index (χ4n) is 0.485. The molecule has 0 aliphatic heterocycles. The predicted molar refractivity (Wildman–Crippen MR) is 45.8 cm³/mol. The molecule has 0 aromatic rings. The molecule has 6 heteroatoms. The molecule has 2 N–H and O–H groups in total. The third-order valence-electron chi connectivity index (χ3n) is 1.03. The highest BCUT2D eigenvalue weighted by atomic mass is 32.2. The predicted octanol–water partition coefficient (Wildman–Crippen LogP) is -0.815. The molecule has 0 aliphatic carbocycles. The van der Waals surface area contributed by atoms with Gasteiger partial charge in [-0.15, -0.1) is 0 Å². The van der Waals surface area contributed by atoms with Crippen LogP contribution in [-0.4, -0.2) is 27.4 Å². The molecule has 0 atom stereocenters. The summed E-state index contributed by atoms with van der Waals surface area (Å²) in [6, 6.07) is 0. The van der Waals surface area contributed by atoms with E-state index in [1.54, 1.807) is 6.92 Å². The van der Waals surface area contributed by atoms with E-state index in [2.05, 4.69) is 11.9 Å². The summed E-state index contributed by atoms with van der Waals surface area (Å²) in [5.41, 5.74) is 0. The molecule has 5 nitrogen and oxygen atoms in total. The SMILES string of the molecule is C=CS(=O)(=O)NCC(=O)NCC. The van der Waals surface area contributed by atoms with E-state index in [-0.39, 0.29) is 12.5 Å². The van der Waals surface area contributed by atoms with Crippen LogP contribution in [0.2, 0.25) is 0 Å². The van der Waals surface area contributed by atoms with Gasteiger partial charge in [-0.05, 0) is 6.92 Å². The molecule has 0 heterocycles. The van der Waals surface area contributed by atoms with Gasteiger partial charge in [-0.2, -0.15) is 0 Å². The van der Waals surface area contributed by atoms with Gasteiger partial charge in [-0.1, -0.05) is 6.58 Å². The largest absolute Gasteiger partial charge is 0.355 e. The molecule has 0 fully saturated rings. The summed E-state index contributed by atoms with van der Waals surface area (Å²) in [6.07, 6.45) is 0. The first-order valence-electron chi connectivity index (χ1n) is 3.40. The Morgan fingerprint density at radius 2 is 2.17 bits per heavy atom. The average molecular weight is 192 g/mol. The Hall–Kier alpha value is -0.880. The molecule has 0 unspecified atom stereocenters. The second-order valence-electron chi connectivity index (χ2n) is 1.99. The number of hydrogen-bond acceptors (Lipinski definition) is 3. The van der Waals surface area contributed by atoms with E-state index in [1.807, 2.05) is 4.72 Å². The van der Waals surface area contributed by atoms with Gasteiger partial charge in [0.05, 0.1) is 6.54 Å². The van der Waals surface area contributed by atoms with Crippen molar-refractivity contribution in [3.05, 3.63) is 12.0 Å². The zero-order valence-electron chi connectivity index (χ0n) is 6.83. The Balaban J connectivity index is 3.84. The molecule has 12 heavy (non-hydrogen) atoms. The third-order valence-corrected chi connectivity index (χ3v) is 2.01. The molecular weight excluding hydrogens is 180 g/mol. The molecule has 0 aromatic heterocycles. The maximum absolute atomic E-state index is 10.7. The average Bonchev–Trinajstić information content (AvgIpc) is 2.02. The maximum atomic E-state index is 10.7. The minimum absolute atomic E-state index is 0.248. The van der Waals surface area contributed by atoms with Crippen molar-refractivity contribution in [1.29, 1.82) is 0 Å². The van der Waals surface area contributed by atoms with Crippen LogP contribution in [0.15, 0.2) is 12.0 Å². The second-order valence-corrected chi connectivity index (χ2v) is 3.70. The lowest BCUT2D eigenvalue weighted by atomic mass is 10.6. The number of carbonyl (C=O) groups is 1. The summed E-state index contributed by atoms with van der Waals surface area (Å²) in [5.74, 6) is -0.358. The molecule has 1 amide bonds. The van der Waals surface area contributed by atoms with Crippen molar-refractivity contribution < 1.29 is 13.2 Å². The van der Waals surface area contributed by atoms with Gasteiger partial charge in [-0.3, -0.25) is 4.79 Å². The lowest BCUT2D eigenvalue weighted by molar-refractivity contribution is -0.119. The third kappa shape index (κ3) is 4.86. The molecule has 0 bridgehead atoms. The second kappa shape index (κ2) is 4.89. The topological polar surface area (TPSA) is 75.3 Å². The standard InChI is InChI=1S/C6H12N2O3S/c1-3-7-6(9)5-8-12(10,11)4-2/h4,8H,2-3,5H2,1H3,(H,7,9). The van der Waals surface area contributed by atoms with E-state index in [0.29, 0.717) is 6.54 Å². The van der Waals surface area contributed by atoms with Crippen molar-refractivity contribution in [3.8, 4) is 0 Å². The molecule has 0 radical (unpaired) electrons. The zero-order valence-corrected chi connectivity index (χ0v) is 7.65. The number of nitrogens with one attached hydrogen (secondary N) is 2. The number of rotatable bonds is 5. The fourth-order valence-corrected chi connectivity index (χ4v) is 0.935. The van der Waals surface area contributed by atoms with Crippen LogP contribution >= 0.6 is 0 Å². The lowest BCUT2D eigenvalue weighted by Crippen LogP contribution is -2.35. The Kier molecular flexibility index (Phi) is 4.53. The van der Waals surface area contributed by atoms with E-state index in [9.17, 15) is 13.2 Å². The van der Waals surface area contributed by atoms with Crippen molar-refractivity contribution in [2.45, 2.75) is 6.92 Å². The minimum atomic E-state index is -3.48. The Morgan fingerprint density at radius 1 is 1.58 bits per heavy atom. The number of carbonyl (C=O) groups excluding carboxylic acids is 1. The Labute approximate surface area is 71.9 Å². The van der Waals surface area contributed by atoms with Crippen LogP contribution < -0.4 is 10.0 Å². The quantitative estimate of drug-likeness (QED) is 0.598. The van der Waals surface area contributed by atoms with Gasteiger partial charge in [0.15, 0.2) is 0 Å². The lowest BCUT2D eigenvalue weighted by Gasteiger charge is -2.01.